The van der Waals surface area contributed by atoms with E-state index in [0.29, 0.717) is 0 Å². The predicted octanol–water partition coefficient (Wildman–Crippen LogP) is 11.6. The van der Waals surface area contributed by atoms with E-state index in [1.165, 1.54) is 304 Å². The van der Waals surface area contributed by atoms with Gasteiger partial charge in [-0.15, -0.1) is 0 Å². The second kappa shape index (κ2) is 89.0. The van der Waals surface area contributed by atoms with Crippen LogP contribution < -0.4 is 40.9 Å². The summed E-state index contributed by atoms with van der Waals surface area (Å²) in [4.78, 5) is 78.9. The largest absolute Gasteiger partial charge is 4.00 e. The minimum atomic E-state index is -1.26. The number of carbonyl (C=O) groups is 8. The molecule has 16 rings (SSSR count). The number of allylic oxidation sites excluding steroid dienone is 32. The summed E-state index contributed by atoms with van der Waals surface area (Å²) >= 11 is 0. The predicted molar refractivity (Wildman–Crippen MR) is 477 cm³/mol. The summed E-state index contributed by atoms with van der Waals surface area (Å²) in [7, 11) is 0. The van der Waals surface area contributed by atoms with E-state index in [4.69, 9.17) is 0 Å². The van der Waals surface area contributed by atoms with E-state index in [9.17, 15) is 79.2 Å². The maximum Gasteiger partial charge on any atom is 4.00 e. The van der Waals surface area contributed by atoms with Crippen LogP contribution in [0.4, 0.5) is 0 Å². The van der Waals surface area contributed by atoms with Gasteiger partial charge in [0.2, 0.25) is 0 Å². The van der Waals surface area contributed by atoms with Crippen molar-refractivity contribution >= 4 is 47.8 Å². The Bertz CT molecular complexity index is 3500. The van der Waals surface area contributed by atoms with Crippen LogP contribution >= 0.6 is 0 Å². The van der Waals surface area contributed by atoms with Crippen LogP contribution in [0, 0.1) is 0 Å². The number of aromatic amines is 8. The van der Waals surface area contributed by atoms with E-state index in [-0.39, 0.29) is 85.8 Å². The topological polar surface area (TPSA) is 550 Å². The Morgan fingerprint density at radius 3 is 0.238 bits per heavy atom. The van der Waals surface area contributed by atoms with Crippen LogP contribution in [0.25, 0.3) is 0 Å². The van der Waals surface area contributed by atoms with E-state index in [1.54, 1.807) is 0 Å². The molecule has 0 amide bonds. The summed E-state index contributed by atoms with van der Waals surface area (Å²) in [6.45, 7) is 0. The van der Waals surface area contributed by atoms with E-state index < -0.39 is 47.8 Å². The fourth-order valence-electron chi connectivity index (χ4n) is 9.84. The Morgan fingerprint density at radius 2 is 0.208 bits per heavy atom. The molecule has 130 heavy (non-hydrogen) atoms. The van der Waals surface area contributed by atoms with Gasteiger partial charge in [-0.25, -0.2) is 0 Å². The molecule has 8 aliphatic rings. The molecule has 0 aliphatic heterocycles. The number of rotatable bonds is 8. The van der Waals surface area contributed by atoms with Gasteiger partial charge in [-0.3, -0.25) is 40.8 Å². The zero-order chi connectivity index (χ0) is 93.1. The summed E-state index contributed by atoms with van der Waals surface area (Å²) in [5.41, 5.74) is -0.519. The first-order valence-corrected chi connectivity index (χ1v) is 42.5. The Balaban J connectivity index is 0. The van der Waals surface area contributed by atoms with Crippen molar-refractivity contribution in [2.75, 3.05) is 0 Å². The molecule has 0 fully saturated rings. The monoisotopic (exact) mass is 2140 g/mol. The van der Waals surface area contributed by atoms with Crippen LogP contribution in [0.1, 0.15) is 289 Å². The minimum absolute atomic E-state index is 0. The van der Waals surface area contributed by atoms with Crippen LogP contribution in [-0.4, -0.2) is 129 Å². The molecule has 0 atom stereocenters. The van der Waals surface area contributed by atoms with Gasteiger partial charge in [-0.1, -0.05) is 194 Å². The first-order valence-electron chi connectivity index (χ1n) is 42.5. The molecule has 8 aromatic rings. The van der Waals surface area contributed by atoms with E-state index >= 15 is 0 Å². The third-order valence-corrected chi connectivity index (χ3v) is 16.3. The third kappa shape index (κ3) is 77.0. The molecule has 0 spiro atoms. The number of carboxylic acid groups (broad SMARTS) is 8. The summed E-state index contributed by atoms with van der Waals surface area (Å²) in [6.07, 6.45) is 123. The van der Waals surface area contributed by atoms with Gasteiger partial charge in [-0.2, -0.15) is 40.8 Å². The Kier molecular flexibility index (Phi) is 81.2. The molecule has 0 saturated carbocycles. The normalized spacial score (nSPS) is 18.2. The Hall–Kier alpha value is -13.4. The molecule has 0 saturated heterocycles. The molecule has 34 heteroatoms. The van der Waals surface area contributed by atoms with Crippen LogP contribution in [0.5, 0.6) is 0 Å². The molecule has 698 valence electrons. The molecule has 0 aromatic carbocycles. The summed E-state index contributed by atoms with van der Waals surface area (Å²) in [5, 5.41) is 124. The van der Waals surface area contributed by atoms with Crippen molar-refractivity contribution in [3.05, 3.63) is 338 Å². The van der Waals surface area contributed by atoms with Crippen LogP contribution in [-0.2, 0) is 40.2 Å². The standard InChI is InChI=1S/8C8H12.8C4H4N2O2.2Ir/c8*1-2-4-6-8-7-5-3-1;8*7-4(8)3-1-2-5-6-3;;/h8*1-2,7-8H,3-6H2;8*1-2H,(H,5,6)(H,7,8);;/q;;;;;;;;;;;;;;;;2*+4/p-8/b8*2-1-,8-7-;;;;;;;;;;. The number of nitrogens with one attached hydrogen (secondary N) is 8. The van der Waals surface area contributed by atoms with E-state index in [0.717, 1.165) is 0 Å². The van der Waals surface area contributed by atoms with Gasteiger partial charge in [0.25, 0.3) is 0 Å². The summed E-state index contributed by atoms with van der Waals surface area (Å²) in [6, 6.07) is 10.6. The zero-order valence-corrected chi connectivity index (χ0v) is 77.9. The fraction of sp³-hybridized carbons (Fsp3) is 0.333. The maximum absolute atomic E-state index is 9.87. The molecule has 8 aromatic heterocycles. The number of aromatic carboxylic acids is 8. The zero-order valence-electron chi connectivity index (χ0n) is 73.1. The number of H-pyrrole nitrogens is 8. The first kappa shape index (κ1) is 119. The first-order chi connectivity index (χ1) is 62.4. The van der Waals surface area contributed by atoms with Gasteiger partial charge < -0.3 is 79.2 Å². The molecular weight excluding hydrogens is 2020 g/mol. The summed E-state index contributed by atoms with van der Waals surface area (Å²) in [5.74, 6) is -10.1. The van der Waals surface area contributed by atoms with Crippen molar-refractivity contribution in [3.8, 4) is 0 Å². The van der Waals surface area contributed by atoms with Crippen LogP contribution in [0.2, 0.25) is 0 Å². The van der Waals surface area contributed by atoms with Gasteiger partial charge >= 0.3 is 40.2 Å². The van der Waals surface area contributed by atoms with Crippen LogP contribution in [0.15, 0.2) is 293 Å². The van der Waals surface area contributed by atoms with Crippen LogP contribution in [0.3, 0.4) is 0 Å². The van der Waals surface area contributed by atoms with Crippen molar-refractivity contribution in [3.63, 3.8) is 0 Å². The van der Waals surface area contributed by atoms with Crippen molar-refractivity contribution in [2.45, 2.75) is 205 Å². The van der Waals surface area contributed by atoms with E-state index in [1.807, 2.05) is 0 Å². The Labute approximate surface area is 787 Å². The maximum atomic E-state index is 9.87. The number of aromatic nitrogens is 16. The number of nitrogens with zero attached hydrogens (tertiary/aromatic N) is 8. The molecule has 32 nitrogen and oxygen atoms in total. The van der Waals surface area contributed by atoms with Crippen molar-refractivity contribution in [1.82, 2.24) is 81.6 Å². The molecule has 8 heterocycles. The van der Waals surface area contributed by atoms with E-state index in [2.05, 4.69) is 276 Å². The molecular formula is C96H120Ir2N16O16. The molecule has 8 aliphatic carbocycles. The average molecular weight is 2140 g/mol. The number of carbonyl (C=O) groups excluding carboxylic acids is 8. The van der Waals surface area contributed by atoms with Gasteiger partial charge in [0.05, 0.1) is 47.8 Å². The van der Waals surface area contributed by atoms with Crippen molar-refractivity contribution < 1.29 is 119 Å². The number of hydrogen-bond donors (Lipinski definition) is 8. The fourth-order valence-corrected chi connectivity index (χ4v) is 9.84. The third-order valence-electron chi connectivity index (χ3n) is 16.3. The van der Waals surface area contributed by atoms with Gasteiger partial charge in [0.1, 0.15) is 45.6 Å². The molecule has 2 radical (unpaired) electrons. The molecule has 0 bridgehead atoms. The second-order valence-electron chi connectivity index (χ2n) is 26.8. The number of hydrogen-bond acceptors (Lipinski definition) is 24. The molecule has 8 N–H and O–H groups in total. The smallest absolute Gasteiger partial charge is 0.543 e. The average Bonchev–Trinajstić information content (AvgIpc) is 1.87. The second-order valence-corrected chi connectivity index (χ2v) is 26.8. The summed E-state index contributed by atoms with van der Waals surface area (Å²) < 4.78 is 0. The quantitative estimate of drug-likeness (QED) is 0.0655. The van der Waals surface area contributed by atoms with Crippen molar-refractivity contribution in [2.24, 2.45) is 0 Å². The SMILES string of the molecule is C1=C\CC/C=C\CC/1.C1=C\CC/C=C\CC/1.C1=C\CC/C=C\CC/1.C1=C\CC/C=C\CC/1.C1=C\CC/C=C\CC/1.C1=C\CC/C=C\CC/1.C1=C\CC/C=C\CC/1.C1=C\CC/C=C\CC/1.O=C([O-])c1cc[nH]n1.O=C([O-])c1cc[nH]n1.O=C([O-])c1cc[nH]n1.O=C([O-])c1cc[nH]n1.O=C([O-])c1cc[nH]n1.O=C([O-])c1cc[nH]n1.O=C([O-])c1cc[nH]n1.O=C([O-])c1cc[nH]n1.[Ir+4].[Ir+4]. The molecule has 0 unspecified atom stereocenters. The van der Waals surface area contributed by atoms with Gasteiger partial charge in [-0.05, 0) is 254 Å². The van der Waals surface area contributed by atoms with Gasteiger partial charge in [0, 0.05) is 49.6 Å². The minimum Gasteiger partial charge on any atom is -0.543 e. The van der Waals surface area contributed by atoms with Crippen molar-refractivity contribution in [1.29, 1.82) is 0 Å². The number of carboxylic acids is 8. The Morgan fingerprint density at radius 1 is 0.146 bits per heavy atom. The van der Waals surface area contributed by atoms with Gasteiger partial charge in [0.15, 0.2) is 0 Å².